The van der Waals surface area contributed by atoms with Gasteiger partial charge in [-0.2, -0.15) is 4.31 Å². The van der Waals surface area contributed by atoms with Crippen LogP contribution in [0.5, 0.6) is 0 Å². The van der Waals surface area contributed by atoms with Gasteiger partial charge in [-0.25, -0.2) is 12.8 Å². The first-order valence-corrected chi connectivity index (χ1v) is 9.53. The number of piperazine rings is 1. The fourth-order valence-electron chi connectivity index (χ4n) is 2.72. The molecule has 2 aromatic rings. The third-order valence-corrected chi connectivity index (χ3v) is 5.96. The minimum Gasteiger partial charge on any atom is -0.369 e. The minimum atomic E-state index is -3.83. The number of halogens is 1. The maximum atomic E-state index is 13.8. The second-order valence-corrected chi connectivity index (χ2v) is 7.54. The SMILES string of the molecule is CCNc1ccc(N2CCN(S(=O)(=O)c3ccccc3F)CC2)nn1. The molecule has 0 atom stereocenters. The molecule has 1 aromatic carbocycles. The molecule has 1 fully saturated rings. The van der Waals surface area contributed by atoms with E-state index >= 15 is 0 Å². The van der Waals surface area contributed by atoms with Gasteiger partial charge in [0.2, 0.25) is 10.0 Å². The molecule has 1 aromatic heterocycles. The van der Waals surface area contributed by atoms with Gasteiger partial charge in [0.1, 0.15) is 16.5 Å². The lowest BCUT2D eigenvalue weighted by molar-refractivity contribution is 0.381. The molecule has 7 nitrogen and oxygen atoms in total. The average Bonchev–Trinajstić information content (AvgIpc) is 2.63. The number of rotatable bonds is 5. The number of nitrogens with zero attached hydrogens (tertiary/aromatic N) is 4. The molecule has 0 radical (unpaired) electrons. The summed E-state index contributed by atoms with van der Waals surface area (Å²) in [5.41, 5.74) is 0. The fourth-order valence-corrected chi connectivity index (χ4v) is 4.21. The van der Waals surface area contributed by atoms with Crippen molar-refractivity contribution >= 4 is 21.7 Å². The number of hydrogen-bond acceptors (Lipinski definition) is 6. The van der Waals surface area contributed by atoms with Crippen molar-refractivity contribution in [2.75, 3.05) is 42.9 Å². The number of aromatic nitrogens is 2. The summed E-state index contributed by atoms with van der Waals surface area (Å²) in [6.45, 7) is 4.23. The Kier molecular flexibility index (Phi) is 5.14. The van der Waals surface area contributed by atoms with Crippen LogP contribution in [0.4, 0.5) is 16.0 Å². The predicted molar refractivity (Wildman–Crippen MR) is 93.6 cm³/mol. The number of benzene rings is 1. The van der Waals surface area contributed by atoms with E-state index in [4.69, 9.17) is 0 Å². The van der Waals surface area contributed by atoms with Crippen LogP contribution in [0, 0.1) is 5.82 Å². The zero-order chi connectivity index (χ0) is 17.9. The number of sulfonamides is 1. The summed E-state index contributed by atoms with van der Waals surface area (Å²) in [6.07, 6.45) is 0. The van der Waals surface area contributed by atoms with Crippen LogP contribution in [0.2, 0.25) is 0 Å². The molecule has 0 aliphatic carbocycles. The maximum absolute atomic E-state index is 13.8. The van der Waals surface area contributed by atoms with Crippen LogP contribution < -0.4 is 10.2 Å². The van der Waals surface area contributed by atoms with Gasteiger partial charge in [0.25, 0.3) is 0 Å². The lowest BCUT2D eigenvalue weighted by Gasteiger charge is -2.34. The van der Waals surface area contributed by atoms with Crippen LogP contribution in [0.25, 0.3) is 0 Å². The van der Waals surface area contributed by atoms with Gasteiger partial charge in [-0.3, -0.25) is 0 Å². The monoisotopic (exact) mass is 365 g/mol. The molecular formula is C16H20FN5O2S. The molecule has 3 rings (SSSR count). The normalized spacial score (nSPS) is 16.0. The first kappa shape index (κ1) is 17.6. The molecule has 0 unspecified atom stereocenters. The quantitative estimate of drug-likeness (QED) is 0.866. The Hall–Kier alpha value is -2.26. The summed E-state index contributed by atoms with van der Waals surface area (Å²) in [6, 6.07) is 9.14. The van der Waals surface area contributed by atoms with Crippen molar-refractivity contribution in [3.05, 3.63) is 42.2 Å². The van der Waals surface area contributed by atoms with Crippen LogP contribution in [0.1, 0.15) is 6.92 Å². The highest BCUT2D eigenvalue weighted by Gasteiger charge is 2.30. The van der Waals surface area contributed by atoms with E-state index in [1.807, 2.05) is 24.0 Å². The van der Waals surface area contributed by atoms with Crippen molar-refractivity contribution in [3.63, 3.8) is 0 Å². The molecular weight excluding hydrogens is 345 g/mol. The van der Waals surface area contributed by atoms with Crippen molar-refractivity contribution in [1.82, 2.24) is 14.5 Å². The first-order chi connectivity index (χ1) is 12.0. The lowest BCUT2D eigenvalue weighted by atomic mass is 10.3. The molecule has 0 saturated carbocycles. The number of anilines is 2. The van der Waals surface area contributed by atoms with Gasteiger partial charge < -0.3 is 10.2 Å². The molecule has 0 amide bonds. The largest absolute Gasteiger partial charge is 0.369 e. The van der Waals surface area contributed by atoms with Crippen molar-refractivity contribution < 1.29 is 12.8 Å². The topological polar surface area (TPSA) is 78.4 Å². The molecule has 0 bridgehead atoms. The average molecular weight is 365 g/mol. The molecule has 9 heteroatoms. The van der Waals surface area contributed by atoms with Gasteiger partial charge in [-0.15, -0.1) is 10.2 Å². The second-order valence-electron chi connectivity index (χ2n) is 5.63. The fraction of sp³-hybridized carbons (Fsp3) is 0.375. The molecule has 0 spiro atoms. The van der Waals surface area contributed by atoms with E-state index in [9.17, 15) is 12.8 Å². The summed E-state index contributed by atoms with van der Waals surface area (Å²) in [5, 5.41) is 11.3. The summed E-state index contributed by atoms with van der Waals surface area (Å²) in [5.74, 6) is 0.673. The van der Waals surface area contributed by atoms with Gasteiger partial charge in [-0.1, -0.05) is 12.1 Å². The van der Waals surface area contributed by atoms with Crippen molar-refractivity contribution in [2.45, 2.75) is 11.8 Å². The third-order valence-electron chi connectivity index (χ3n) is 4.03. The predicted octanol–water partition coefficient (Wildman–Crippen LogP) is 1.56. The Morgan fingerprint density at radius 3 is 2.40 bits per heavy atom. The molecule has 2 heterocycles. The maximum Gasteiger partial charge on any atom is 0.246 e. The molecule has 1 N–H and O–H groups in total. The van der Waals surface area contributed by atoms with E-state index in [0.29, 0.717) is 24.7 Å². The lowest BCUT2D eigenvalue weighted by Crippen LogP contribution is -2.49. The summed E-state index contributed by atoms with van der Waals surface area (Å²) >= 11 is 0. The Morgan fingerprint density at radius 2 is 1.80 bits per heavy atom. The van der Waals surface area contributed by atoms with E-state index in [-0.39, 0.29) is 18.0 Å². The number of nitrogens with one attached hydrogen (secondary N) is 1. The van der Waals surface area contributed by atoms with Gasteiger partial charge in [0.15, 0.2) is 5.82 Å². The molecule has 1 saturated heterocycles. The van der Waals surface area contributed by atoms with Gasteiger partial charge in [0.05, 0.1) is 0 Å². The van der Waals surface area contributed by atoms with E-state index in [2.05, 4.69) is 15.5 Å². The number of hydrogen-bond donors (Lipinski definition) is 1. The standard InChI is InChI=1S/C16H20FN5O2S/c1-2-18-15-7-8-16(20-19-15)21-9-11-22(12-10-21)25(23,24)14-6-4-3-5-13(14)17/h3-8H,2,9-12H2,1H3,(H,18,19). The zero-order valence-electron chi connectivity index (χ0n) is 13.9. The highest BCUT2D eigenvalue weighted by Crippen LogP contribution is 2.22. The minimum absolute atomic E-state index is 0.271. The van der Waals surface area contributed by atoms with E-state index < -0.39 is 15.8 Å². The summed E-state index contributed by atoms with van der Waals surface area (Å²) in [7, 11) is -3.83. The Bertz CT molecular complexity index is 821. The van der Waals surface area contributed by atoms with Crippen LogP contribution in [0.15, 0.2) is 41.3 Å². The summed E-state index contributed by atoms with van der Waals surface area (Å²) < 4.78 is 40.3. The van der Waals surface area contributed by atoms with Crippen molar-refractivity contribution in [2.24, 2.45) is 0 Å². The molecule has 134 valence electrons. The smallest absolute Gasteiger partial charge is 0.246 e. The van der Waals surface area contributed by atoms with Crippen LogP contribution in [-0.4, -0.2) is 55.6 Å². The molecule has 1 aliphatic heterocycles. The van der Waals surface area contributed by atoms with E-state index in [1.165, 1.54) is 22.5 Å². The van der Waals surface area contributed by atoms with Crippen molar-refractivity contribution in [3.8, 4) is 0 Å². The van der Waals surface area contributed by atoms with Gasteiger partial charge >= 0.3 is 0 Å². The van der Waals surface area contributed by atoms with Gasteiger partial charge in [0, 0.05) is 32.7 Å². The Morgan fingerprint density at radius 1 is 1.08 bits per heavy atom. The van der Waals surface area contributed by atoms with Crippen LogP contribution in [0.3, 0.4) is 0 Å². The van der Waals surface area contributed by atoms with Crippen molar-refractivity contribution in [1.29, 1.82) is 0 Å². The van der Waals surface area contributed by atoms with Crippen LogP contribution in [-0.2, 0) is 10.0 Å². The Balaban J connectivity index is 1.68. The molecule has 25 heavy (non-hydrogen) atoms. The zero-order valence-corrected chi connectivity index (χ0v) is 14.7. The van der Waals surface area contributed by atoms with Gasteiger partial charge in [-0.05, 0) is 31.2 Å². The summed E-state index contributed by atoms with van der Waals surface area (Å²) in [4.78, 5) is 1.69. The highest BCUT2D eigenvalue weighted by molar-refractivity contribution is 7.89. The first-order valence-electron chi connectivity index (χ1n) is 8.09. The van der Waals surface area contributed by atoms with Crippen LogP contribution >= 0.6 is 0 Å². The van der Waals surface area contributed by atoms with E-state index in [1.54, 1.807) is 0 Å². The Labute approximate surface area is 146 Å². The van der Waals surface area contributed by atoms with E-state index in [0.717, 1.165) is 12.6 Å². The highest BCUT2D eigenvalue weighted by atomic mass is 32.2. The second kappa shape index (κ2) is 7.32. The third kappa shape index (κ3) is 3.72. The molecule has 1 aliphatic rings.